The number of aryl methyl sites for hydroxylation is 1. The number of benzene rings is 1. The predicted octanol–water partition coefficient (Wildman–Crippen LogP) is 3.33. The Bertz CT molecular complexity index is 651. The van der Waals surface area contributed by atoms with Crippen molar-refractivity contribution in [3.63, 3.8) is 0 Å². The highest BCUT2D eigenvalue weighted by molar-refractivity contribution is 5.92. The maximum atomic E-state index is 11.1. The summed E-state index contributed by atoms with van der Waals surface area (Å²) in [6, 6.07) is 5.18. The van der Waals surface area contributed by atoms with Crippen molar-refractivity contribution in [3.05, 3.63) is 29.6 Å². The van der Waals surface area contributed by atoms with Crippen LogP contribution in [0.1, 0.15) is 48.8 Å². The van der Waals surface area contributed by atoms with E-state index in [1.807, 2.05) is 6.92 Å². The van der Waals surface area contributed by atoms with Crippen molar-refractivity contribution in [1.82, 2.24) is 9.55 Å². The Balaban J connectivity index is 2.25. The first kappa shape index (κ1) is 12.2. The molecule has 100 valence electrons. The number of nitrogens with zero attached hydrogens (tertiary/aromatic N) is 2. The SMILES string of the molecule is Cc1nc2ccc(C(=O)O)cc2n1C1(C)CCCC1. The molecule has 0 radical (unpaired) electrons. The number of fused-ring (bicyclic) bond motifs is 1. The van der Waals surface area contributed by atoms with Crippen molar-refractivity contribution >= 4 is 17.0 Å². The van der Waals surface area contributed by atoms with E-state index in [1.165, 1.54) is 12.8 Å². The third kappa shape index (κ3) is 1.82. The number of carboxylic acid groups (broad SMARTS) is 1. The van der Waals surface area contributed by atoms with Gasteiger partial charge in [0.2, 0.25) is 0 Å². The van der Waals surface area contributed by atoms with Crippen molar-refractivity contribution in [3.8, 4) is 0 Å². The highest BCUT2D eigenvalue weighted by atomic mass is 16.4. The molecule has 4 heteroatoms. The molecule has 0 spiro atoms. The van der Waals surface area contributed by atoms with Crippen LogP contribution in [0.2, 0.25) is 0 Å². The van der Waals surface area contributed by atoms with Crippen LogP contribution in [0.5, 0.6) is 0 Å². The van der Waals surface area contributed by atoms with Gasteiger partial charge in [-0.2, -0.15) is 0 Å². The van der Waals surface area contributed by atoms with Crippen LogP contribution in [0.15, 0.2) is 18.2 Å². The number of aromatic carboxylic acids is 1. The Morgan fingerprint density at radius 3 is 2.68 bits per heavy atom. The van der Waals surface area contributed by atoms with Gasteiger partial charge in [0, 0.05) is 5.54 Å². The highest BCUT2D eigenvalue weighted by Crippen LogP contribution is 2.39. The van der Waals surface area contributed by atoms with Gasteiger partial charge < -0.3 is 9.67 Å². The smallest absolute Gasteiger partial charge is 0.335 e. The van der Waals surface area contributed by atoms with Crippen LogP contribution in [0.3, 0.4) is 0 Å². The number of hydrogen-bond acceptors (Lipinski definition) is 2. The quantitative estimate of drug-likeness (QED) is 0.898. The Morgan fingerprint density at radius 1 is 1.37 bits per heavy atom. The number of aromatic nitrogens is 2. The van der Waals surface area contributed by atoms with E-state index in [0.29, 0.717) is 5.56 Å². The molecule has 1 heterocycles. The molecule has 19 heavy (non-hydrogen) atoms. The minimum absolute atomic E-state index is 0.0793. The molecule has 3 rings (SSSR count). The summed E-state index contributed by atoms with van der Waals surface area (Å²) in [6.45, 7) is 4.26. The van der Waals surface area contributed by atoms with E-state index in [0.717, 1.165) is 29.7 Å². The van der Waals surface area contributed by atoms with Crippen LogP contribution >= 0.6 is 0 Å². The maximum absolute atomic E-state index is 11.1. The average molecular weight is 258 g/mol. The molecular formula is C15H18N2O2. The van der Waals surface area contributed by atoms with Gasteiger partial charge in [-0.15, -0.1) is 0 Å². The average Bonchev–Trinajstić information content (AvgIpc) is 2.91. The topological polar surface area (TPSA) is 55.1 Å². The molecule has 0 aliphatic heterocycles. The summed E-state index contributed by atoms with van der Waals surface area (Å²) >= 11 is 0. The second kappa shape index (κ2) is 4.08. The number of carbonyl (C=O) groups is 1. The van der Waals surface area contributed by atoms with E-state index in [9.17, 15) is 4.79 Å². The number of rotatable bonds is 2. The van der Waals surface area contributed by atoms with Crippen LogP contribution < -0.4 is 0 Å². The van der Waals surface area contributed by atoms with E-state index in [4.69, 9.17) is 5.11 Å². The Labute approximate surface area is 112 Å². The molecule has 1 fully saturated rings. The highest BCUT2D eigenvalue weighted by Gasteiger charge is 2.33. The summed E-state index contributed by atoms with van der Waals surface area (Å²) in [6.07, 6.45) is 4.73. The van der Waals surface area contributed by atoms with Gasteiger partial charge in [-0.1, -0.05) is 12.8 Å². The zero-order valence-electron chi connectivity index (χ0n) is 11.3. The number of hydrogen-bond donors (Lipinski definition) is 1. The standard InChI is InChI=1S/C15H18N2O2/c1-10-16-12-6-5-11(14(18)19)9-13(12)17(10)15(2)7-3-4-8-15/h5-6,9H,3-4,7-8H2,1-2H3,(H,18,19). The molecule has 1 saturated carbocycles. The monoisotopic (exact) mass is 258 g/mol. The lowest BCUT2D eigenvalue weighted by atomic mass is 9.99. The summed E-state index contributed by atoms with van der Waals surface area (Å²) in [5.74, 6) is 0.0887. The van der Waals surface area contributed by atoms with Crippen molar-refractivity contribution in [2.45, 2.75) is 45.1 Å². The van der Waals surface area contributed by atoms with E-state index < -0.39 is 5.97 Å². The first-order chi connectivity index (χ1) is 9.01. The Hall–Kier alpha value is -1.84. The molecule has 0 saturated heterocycles. The largest absolute Gasteiger partial charge is 0.478 e. The van der Waals surface area contributed by atoms with Gasteiger partial charge in [-0.05, 0) is 44.9 Å². The molecule has 1 aliphatic carbocycles. The maximum Gasteiger partial charge on any atom is 0.335 e. The van der Waals surface area contributed by atoms with Gasteiger partial charge in [0.15, 0.2) is 0 Å². The summed E-state index contributed by atoms with van der Waals surface area (Å²) in [5.41, 5.74) is 2.24. The first-order valence-corrected chi connectivity index (χ1v) is 6.74. The van der Waals surface area contributed by atoms with Gasteiger partial charge in [-0.3, -0.25) is 0 Å². The lowest BCUT2D eigenvalue weighted by Gasteiger charge is -2.28. The van der Waals surface area contributed by atoms with Crippen LogP contribution in [-0.2, 0) is 5.54 Å². The van der Waals surface area contributed by atoms with Crippen molar-refractivity contribution in [1.29, 1.82) is 0 Å². The van der Waals surface area contributed by atoms with E-state index in [2.05, 4.69) is 16.5 Å². The van der Waals surface area contributed by atoms with Crippen LogP contribution in [0, 0.1) is 6.92 Å². The van der Waals surface area contributed by atoms with Gasteiger partial charge in [0.1, 0.15) is 5.82 Å². The third-order valence-corrected chi connectivity index (χ3v) is 4.29. The van der Waals surface area contributed by atoms with E-state index >= 15 is 0 Å². The fourth-order valence-electron chi connectivity index (χ4n) is 3.37. The molecule has 0 amide bonds. The molecule has 1 aromatic carbocycles. The molecule has 4 nitrogen and oxygen atoms in total. The third-order valence-electron chi connectivity index (χ3n) is 4.29. The minimum Gasteiger partial charge on any atom is -0.478 e. The zero-order valence-corrected chi connectivity index (χ0v) is 11.3. The van der Waals surface area contributed by atoms with Crippen LogP contribution in [0.4, 0.5) is 0 Å². The van der Waals surface area contributed by atoms with Gasteiger partial charge in [0.05, 0.1) is 16.6 Å². The van der Waals surface area contributed by atoms with Crippen molar-refractivity contribution in [2.75, 3.05) is 0 Å². The lowest BCUT2D eigenvalue weighted by molar-refractivity contribution is 0.0697. The molecule has 1 N–H and O–H groups in total. The Morgan fingerprint density at radius 2 is 2.05 bits per heavy atom. The molecule has 0 unspecified atom stereocenters. The molecular weight excluding hydrogens is 240 g/mol. The molecule has 0 bridgehead atoms. The zero-order chi connectivity index (χ0) is 13.6. The van der Waals surface area contributed by atoms with Crippen molar-refractivity contribution in [2.24, 2.45) is 0 Å². The predicted molar refractivity (Wildman–Crippen MR) is 73.5 cm³/mol. The molecule has 1 aromatic heterocycles. The van der Waals surface area contributed by atoms with E-state index in [1.54, 1.807) is 18.2 Å². The summed E-state index contributed by atoms with van der Waals surface area (Å²) in [5, 5.41) is 9.14. The second-order valence-electron chi connectivity index (χ2n) is 5.71. The van der Waals surface area contributed by atoms with Gasteiger partial charge in [0.25, 0.3) is 0 Å². The van der Waals surface area contributed by atoms with Gasteiger partial charge >= 0.3 is 5.97 Å². The van der Waals surface area contributed by atoms with Crippen LogP contribution in [-0.4, -0.2) is 20.6 Å². The minimum atomic E-state index is -0.885. The molecule has 1 aliphatic rings. The van der Waals surface area contributed by atoms with Crippen LogP contribution in [0.25, 0.3) is 11.0 Å². The number of imidazole rings is 1. The fraction of sp³-hybridized carbons (Fsp3) is 0.467. The van der Waals surface area contributed by atoms with Gasteiger partial charge in [-0.25, -0.2) is 9.78 Å². The fourth-order valence-corrected chi connectivity index (χ4v) is 3.37. The summed E-state index contributed by atoms with van der Waals surface area (Å²) in [4.78, 5) is 15.7. The number of carboxylic acids is 1. The molecule has 2 aromatic rings. The second-order valence-corrected chi connectivity index (χ2v) is 5.71. The summed E-state index contributed by atoms with van der Waals surface area (Å²) < 4.78 is 2.24. The first-order valence-electron chi connectivity index (χ1n) is 6.74. The van der Waals surface area contributed by atoms with E-state index in [-0.39, 0.29) is 5.54 Å². The summed E-state index contributed by atoms with van der Waals surface area (Å²) in [7, 11) is 0. The lowest BCUT2D eigenvalue weighted by Crippen LogP contribution is -2.27. The van der Waals surface area contributed by atoms with Crippen molar-refractivity contribution < 1.29 is 9.90 Å². The normalized spacial score (nSPS) is 18.0. The molecule has 0 atom stereocenters. The Kier molecular flexibility index (Phi) is 2.62.